The average molecular weight is 336 g/mol. The number of nitrogens with one attached hydrogen (secondary N) is 1. The summed E-state index contributed by atoms with van der Waals surface area (Å²) in [6.07, 6.45) is 5.43. The van der Waals surface area contributed by atoms with Gasteiger partial charge in [0.05, 0.1) is 23.1 Å². The van der Waals surface area contributed by atoms with Crippen LogP contribution in [0, 0.1) is 19.8 Å². The molecule has 25 heavy (non-hydrogen) atoms. The number of fused-ring (bicyclic) bond motifs is 1. The molecule has 3 rings (SSSR count). The highest BCUT2D eigenvalue weighted by molar-refractivity contribution is 5.98. The summed E-state index contributed by atoms with van der Waals surface area (Å²) in [7, 11) is 0. The smallest absolute Gasteiger partial charge is 0.253 e. The summed E-state index contributed by atoms with van der Waals surface area (Å²) in [6.45, 7) is 8.84. The van der Waals surface area contributed by atoms with Crippen molar-refractivity contribution in [3.05, 3.63) is 59.8 Å². The maximum absolute atomic E-state index is 12.9. The minimum Gasteiger partial charge on any atom is -0.347 e. The van der Waals surface area contributed by atoms with E-state index in [2.05, 4.69) is 35.2 Å². The topological polar surface area (TPSA) is 59.8 Å². The second-order valence-corrected chi connectivity index (χ2v) is 6.90. The van der Waals surface area contributed by atoms with E-state index < -0.39 is 0 Å². The predicted molar refractivity (Wildman–Crippen MR) is 99.5 cm³/mol. The molecule has 0 unspecified atom stereocenters. The van der Waals surface area contributed by atoms with Crippen LogP contribution in [0.3, 0.4) is 0 Å². The predicted octanol–water partition coefficient (Wildman–Crippen LogP) is 3.50. The van der Waals surface area contributed by atoms with Gasteiger partial charge >= 0.3 is 0 Å². The van der Waals surface area contributed by atoms with Crippen LogP contribution in [-0.4, -0.2) is 26.5 Å². The number of amides is 1. The lowest BCUT2D eigenvalue weighted by atomic mass is 10.0. The minimum absolute atomic E-state index is 0.0225. The summed E-state index contributed by atoms with van der Waals surface area (Å²) in [6, 6.07) is 8.05. The SMILES string of the molecule is Cc1ccc2nc(C)c(C(=O)N[C@H](Cn3ccnc3)C(C)C)cc2c1. The van der Waals surface area contributed by atoms with E-state index in [0.29, 0.717) is 18.0 Å². The average Bonchev–Trinajstić information content (AvgIpc) is 3.07. The van der Waals surface area contributed by atoms with Crippen molar-refractivity contribution in [3.63, 3.8) is 0 Å². The van der Waals surface area contributed by atoms with E-state index in [-0.39, 0.29) is 11.9 Å². The maximum atomic E-state index is 12.9. The number of hydrogen-bond acceptors (Lipinski definition) is 3. The monoisotopic (exact) mass is 336 g/mol. The van der Waals surface area contributed by atoms with Gasteiger partial charge < -0.3 is 9.88 Å². The van der Waals surface area contributed by atoms with Gasteiger partial charge in [0, 0.05) is 30.4 Å². The van der Waals surface area contributed by atoms with Crippen LogP contribution in [0.2, 0.25) is 0 Å². The quantitative estimate of drug-likeness (QED) is 0.776. The molecule has 1 aromatic carbocycles. The van der Waals surface area contributed by atoms with E-state index in [1.165, 1.54) is 0 Å². The fraction of sp³-hybridized carbons (Fsp3) is 0.350. The van der Waals surface area contributed by atoms with E-state index in [0.717, 1.165) is 22.2 Å². The number of benzene rings is 1. The third kappa shape index (κ3) is 3.87. The van der Waals surface area contributed by atoms with Crippen molar-refractivity contribution in [2.75, 3.05) is 0 Å². The standard InChI is InChI=1S/C20H24N4O/c1-13(2)19(11-24-8-7-21-12-24)23-20(25)17-10-16-9-14(3)5-6-18(16)22-15(17)4/h5-10,12-13,19H,11H2,1-4H3,(H,23,25)/t19-/m1/s1. The lowest BCUT2D eigenvalue weighted by Crippen LogP contribution is -2.41. The molecule has 2 aromatic heterocycles. The molecule has 0 aliphatic heterocycles. The zero-order chi connectivity index (χ0) is 18.0. The second-order valence-electron chi connectivity index (χ2n) is 6.90. The summed E-state index contributed by atoms with van der Waals surface area (Å²) < 4.78 is 1.99. The molecule has 0 saturated heterocycles. The number of rotatable bonds is 5. The first kappa shape index (κ1) is 17.1. The molecule has 0 bridgehead atoms. The summed E-state index contributed by atoms with van der Waals surface area (Å²) in [5, 5.41) is 4.16. The molecule has 1 amide bonds. The van der Waals surface area contributed by atoms with Crippen LogP contribution in [0.1, 0.15) is 35.5 Å². The van der Waals surface area contributed by atoms with Gasteiger partial charge in [0.15, 0.2) is 0 Å². The van der Waals surface area contributed by atoms with E-state index in [1.54, 1.807) is 12.5 Å². The first-order valence-electron chi connectivity index (χ1n) is 8.58. The van der Waals surface area contributed by atoms with E-state index in [9.17, 15) is 4.79 Å². The minimum atomic E-state index is -0.0766. The molecule has 0 spiro atoms. The van der Waals surface area contributed by atoms with E-state index in [1.807, 2.05) is 42.8 Å². The highest BCUT2D eigenvalue weighted by atomic mass is 16.1. The van der Waals surface area contributed by atoms with Gasteiger partial charge in [-0.3, -0.25) is 9.78 Å². The van der Waals surface area contributed by atoms with Gasteiger partial charge in [-0.2, -0.15) is 0 Å². The molecular weight excluding hydrogens is 312 g/mol. The Morgan fingerprint density at radius 3 is 2.72 bits per heavy atom. The third-order valence-electron chi connectivity index (χ3n) is 4.49. The van der Waals surface area contributed by atoms with Crippen molar-refractivity contribution < 1.29 is 4.79 Å². The highest BCUT2D eigenvalue weighted by Gasteiger charge is 2.19. The molecule has 5 nitrogen and oxygen atoms in total. The number of aryl methyl sites for hydroxylation is 2. The van der Waals surface area contributed by atoms with Crippen LogP contribution < -0.4 is 5.32 Å². The van der Waals surface area contributed by atoms with Crippen LogP contribution in [0.4, 0.5) is 0 Å². The van der Waals surface area contributed by atoms with Gasteiger partial charge in [-0.25, -0.2) is 4.98 Å². The first-order valence-corrected chi connectivity index (χ1v) is 8.58. The lowest BCUT2D eigenvalue weighted by Gasteiger charge is -2.23. The molecular formula is C20H24N4O. The Hall–Kier alpha value is -2.69. The summed E-state index contributed by atoms with van der Waals surface area (Å²) in [5.74, 6) is 0.231. The fourth-order valence-electron chi connectivity index (χ4n) is 2.91. The number of hydrogen-bond donors (Lipinski definition) is 1. The van der Waals surface area contributed by atoms with Crippen molar-refractivity contribution in [2.45, 2.75) is 40.3 Å². The third-order valence-corrected chi connectivity index (χ3v) is 4.49. The highest BCUT2D eigenvalue weighted by Crippen LogP contribution is 2.18. The van der Waals surface area contributed by atoms with Gasteiger partial charge in [0.25, 0.3) is 5.91 Å². The van der Waals surface area contributed by atoms with Gasteiger partial charge in [-0.1, -0.05) is 25.5 Å². The Kier molecular flexibility index (Phi) is 4.83. The van der Waals surface area contributed by atoms with E-state index >= 15 is 0 Å². The number of carbonyl (C=O) groups is 1. The zero-order valence-electron chi connectivity index (χ0n) is 15.2. The summed E-state index contributed by atoms with van der Waals surface area (Å²) >= 11 is 0. The number of carbonyl (C=O) groups excluding carboxylic acids is 1. The first-order chi connectivity index (χ1) is 11.9. The lowest BCUT2D eigenvalue weighted by molar-refractivity contribution is 0.0919. The number of pyridine rings is 1. The summed E-state index contributed by atoms with van der Waals surface area (Å²) in [5.41, 5.74) is 3.46. The molecule has 0 radical (unpaired) electrons. The van der Waals surface area contributed by atoms with Crippen molar-refractivity contribution in [3.8, 4) is 0 Å². The van der Waals surface area contributed by atoms with Gasteiger partial charge in [0.2, 0.25) is 0 Å². The zero-order valence-corrected chi connectivity index (χ0v) is 15.2. The Morgan fingerprint density at radius 2 is 2.04 bits per heavy atom. The molecule has 130 valence electrons. The summed E-state index contributed by atoms with van der Waals surface area (Å²) in [4.78, 5) is 21.5. The van der Waals surface area contributed by atoms with Gasteiger partial charge in [-0.05, 0) is 38.0 Å². The van der Waals surface area contributed by atoms with E-state index in [4.69, 9.17) is 0 Å². The van der Waals surface area contributed by atoms with Crippen molar-refractivity contribution in [2.24, 2.45) is 5.92 Å². The van der Waals surface area contributed by atoms with Crippen LogP contribution in [0.5, 0.6) is 0 Å². The molecule has 0 saturated carbocycles. The number of imidazole rings is 1. The molecule has 2 heterocycles. The Bertz CT molecular complexity index is 884. The Morgan fingerprint density at radius 1 is 1.24 bits per heavy atom. The molecule has 1 atom stereocenters. The maximum Gasteiger partial charge on any atom is 0.253 e. The number of aromatic nitrogens is 3. The fourth-order valence-corrected chi connectivity index (χ4v) is 2.91. The van der Waals surface area contributed by atoms with Crippen molar-refractivity contribution >= 4 is 16.8 Å². The molecule has 5 heteroatoms. The Labute approximate surface area is 148 Å². The molecule has 0 aliphatic rings. The molecule has 1 N–H and O–H groups in total. The number of nitrogens with zero attached hydrogens (tertiary/aromatic N) is 3. The molecule has 0 aliphatic carbocycles. The van der Waals surface area contributed by atoms with Crippen molar-refractivity contribution in [1.82, 2.24) is 19.9 Å². The van der Waals surface area contributed by atoms with Gasteiger partial charge in [0.1, 0.15) is 0 Å². The van der Waals surface area contributed by atoms with Crippen molar-refractivity contribution in [1.29, 1.82) is 0 Å². The second kappa shape index (κ2) is 7.05. The van der Waals surface area contributed by atoms with Gasteiger partial charge in [-0.15, -0.1) is 0 Å². The Balaban J connectivity index is 1.86. The van der Waals surface area contributed by atoms with Crippen LogP contribution in [0.25, 0.3) is 10.9 Å². The molecule has 0 fully saturated rings. The van der Waals surface area contributed by atoms with Crippen LogP contribution >= 0.6 is 0 Å². The normalized spacial score (nSPS) is 12.5. The largest absolute Gasteiger partial charge is 0.347 e. The van der Waals surface area contributed by atoms with Crippen LogP contribution in [-0.2, 0) is 6.54 Å². The molecule has 3 aromatic rings. The van der Waals surface area contributed by atoms with Crippen LogP contribution in [0.15, 0.2) is 43.0 Å².